The number of hydrogen-bond acceptors (Lipinski definition) is 7. The van der Waals surface area contributed by atoms with Crippen LogP contribution in [0.15, 0.2) is 34.3 Å². The largest absolute Gasteiger partial charge is 0.493 e. The van der Waals surface area contributed by atoms with Crippen molar-refractivity contribution < 1.29 is 14.2 Å². The lowest BCUT2D eigenvalue weighted by molar-refractivity contribution is 0.295. The van der Waals surface area contributed by atoms with E-state index in [2.05, 4.69) is 34.2 Å². The van der Waals surface area contributed by atoms with Crippen LogP contribution in [0.1, 0.15) is 11.3 Å². The Morgan fingerprint density at radius 2 is 1.77 bits per heavy atom. The van der Waals surface area contributed by atoms with Gasteiger partial charge in [-0.05, 0) is 24.6 Å². The summed E-state index contributed by atoms with van der Waals surface area (Å²) in [7, 11) is 6.96. The minimum Gasteiger partial charge on any atom is -0.493 e. The van der Waals surface area contributed by atoms with E-state index >= 15 is 0 Å². The minimum atomic E-state index is 0.620. The lowest BCUT2D eigenvalue weighted by atomic mass is 10.1. The number of ether oxygens (including phenoxy) is 3. The second-order valence-electron chi connectivity index (χ2n) is 5.82. The number of hydrogen-bond donors (Lipinski definition) is 0. The number of rotatable bonds is 8. The number of thiophene rings is 1. The van der Waals surface area contributed by atoms with E-state index < -0.39 is 0 Å². The maximum Gasteiger partial charge on any atom is 0.203 e. The summed E-state index contributed by atoms with van der Waals surface area (Å²) in [4.78, 5) is 6.95. The Morgan fingerprint density at radius 1 is 0.962 bits per heavy atom. The van der Waals surface area contributed by atoms with E-state index in [1.165, 1.54) is 5.56 Å². The van der Waals surface area contributed by atoms with Crippen molar-refractivity contribution in [1.82, 2.24) is 9.88 Å². The third-order valence-corrected chi connectivity index (χ3v) is 5.60. The van der Waals surface area contributed by atoms with Crippen LogP contribution in [-0.4, -0.2) is 38.3 Å². The second-order valence-corrected chi connectivity index (χ2v) is 7.46. The molecule has 5 nitrogen and oxygen atoms in total. The summed E-state index contributed by atoms with van der Waals surface area (Å²) in [5.74, 6) is 1.99. The van der Waals surface area contributed by atoms with Gasteiger partial charge in [0, 0.05) is 35.0 Å². The van der Waals surface area contributed by atoms with Crippen LogP contribution in [-0.2, 0) is 13.1 Å². The summed E-state index contributed by atoms with van der Waals surface area (Å²) in [5, 5.41) is 7.39. The summed E-state index contributed by atoms with van der Waals surface area (Å²) in [6, 6.07) is 6.02. The molecule has 2 aromatic heterocycles. The zero-order valence-corrected chi connectivity index (χ0v) is 16.9. The highest BCUT2D eigenvalue weighted by Gasteiger charge is 2.17. The van der Waals surface area contributed by atoms with E-state index in [1.807, 2.05) is 12.1 Å². The second kappa shape index (κ2) is 8.53. The molecule has 0 unspecified atom stereocenters. The first-order valence-electron chi connectivity index (χ1n) is 8.09. The summed E-state index contributed by atoms with van der Waals surface area (Å²) in [6.45, 7) is 1.48. The van der Waals surface area contributed by atoms with Crippen molar-refractivity contribution in [2.45, 2.75) is 13.1 Å². The molecule has 7 heteroatoms. The Morgan fingerprint density at radius 3 is 2.42 bits per heavy atom. The van der Waals surface area contributed by atoms with E-state index in [1.54, 1.807) is 44.0 Å². The molecule has 0 N–H and O–H groups in total. The highest BCUT2D eigenvalue weighted by Crippen LogP contribution is 2.40. The van der Waals surface area contributed by atoms with Gasteiger partial charge in [-0.1, -0.05) is 6.07 Å². The predicted molar refractivity (Wildman–Crippen MR) is 107 cm³/mol. The topological polar surface area (TPSA) is 43.8 Å². The SMILES string of the molecule is COc1ccc(CN(C)Cc2csc(-c3ccsc3)n2)c(OC)c1OC. The maximum absolute atomic E-state index is 5.57. The summed E-state index contributed by atoms with van der Waals surface area (Å²) >= 11 is 3.37. The minimum absolute atomic E-state index is 0.620. The normalized spacial score (nSPS) is 11.0. The molecule has 0 saturated carbocycles. The van der Waals surface area contributed by atoms with Gasteiger partial charge in [0.15, 0.2) is 11.5 Å². The highest BCUT2D eigenvalue weighted by atomic mass is 32.1. The molecular weight excluding hydrogens is 368 g/mol. The van der Waals surface area contributed by atoms with Gasteiger partial charge in [0.1, 0.15) is 5.01 Å². The molecule has 0 radical (unpaired) electrons. The van der Waals surface area contributed by atoms with Gasteiger partial charge in [-0.3, -0.25) is 4.90 Å². The molecule has 3 rings (SSSR count). The zero-order valence-electron chi connectivity index (χ0n) is 15.3. The lowest BCUT2D eigenvalue weighted by Gasteiger charge is -2.20. The highest BCUT2D eigenvalue weighted by molar-refractivity contribution is 7.14. The number of aromatic nitrogens is 1. The molecule has 138 valence electrons. The molecule has 0 atom stereocenters. The molecule has 0 amide bonds. The van der Waals surface area contributed by atoms with Crippen LogP contribution in [0.2, 0.25) is 0 Å². The Labute approximate surface area is 161 Å². The van der Waals surface area contributed by atoms with Crippen LogP contribution < -0.4 is 14.2 Å². The van der Waals surface area contributed by atoms with Gasteiger partial charge in [-0.15, -0.1) is 11.3 Å². The van der Waals surface area contributed by atoms with Crippen molar-refractivity contribution in [2.75, 3.05) is 28.4 Å². The third-order valence-electron chi connectivity index (χ3n) is 3.98. The van der Waals surface area contributed by atoms with Crippen LogP contribution in [0.25, 0.3) is 10.6 Å². The van der Waals surface area contributed by atoms with Crippen LogP contribution in [0.4, 0.5) is 0 Å². The quantitative estimate of drug-likeness (QED) is 0.565. The Hall–Kier alpha value is -2.09. The van der Waals surface area contributed by atoms with Gasteiger partial charge in [0.05, 0.1) is 27.0 Å². The van der Waals surface area contributed by atoms with Crippen molar-refractivity contribution in [3.05, 3.63) is 45.6 Å². The van der Waals surface area contributed by atoms with Crippen molar-refractivity contribution in [1.29, 1.82) is 0 Å². The molecule has 0 aliphatic rings. The van der Waals surface area contributed by atoms with Crippen molar-refractivity contribution in [3.8, 4) is 27.8 Å². The fraction of sp³-hybridized carbons (Fsp3) is 0.316. The first kappa shape index (κ1) is 18.7. The molecule has 0 spiro atoms. The summed E-state index contributed by atoms with van der Waals surface area (Å²) in [6.07, 6.45) is 0. The van der Waals surface area contributed by atoms with E-state index in [0.29, 0.717) is 17.2 Å². The van der Waals surface area contributed by atoms with Crippen molar-refractivity contribution >= 4 is 22.7 Å². The molecule has 0 bridgehead atoms. The van der Waals surface area contributed by atoms with Gasteiger partial charge in [-0.25, -0.2) is 4.98 Å². The number of nitrogens with zero attached hydrogens (tertiary/aromatic N) is 2. The first-order valence-corrected chi connectivity index (χ1v) is 9.91. The smallest absolute Gasteiger partial charge is 0.203 e. The van der Waals surface area contributed by atoms with Gasteiger partial charge < -0.3 is 14.2 Å². The fourth-order valence-electron chi connectivity index (χ4n) is 2.81. The van der Waals surface area contributed by atoms with E-state index in [0.717, 1.165) is 29.4 Å². The predicted octanol–water partition coefficient (Wildman–Crippen LogP) is 4.53. The Balaban J connectivity index is 1.73. The standard InChI is InChI=1S/C19H22N2O3S2/c1-21(10-15-12-26-19(20-15)14-7-8-25-11-14)9-13-5-6-16(22-2)18(24-4)17(13)23-3/h5-8,11-12H,9-10H2,1-4H3. The van der Waals surface area contributed by atoms with Gasteiger partial charge in [-0.2, -0.15) is 11.3 Å². The number of methoxy groups -OCH3 is 3. The zero-order chi connectivity index (χ0) is 18.5. The van der Waals surface area contributed by atoms with Crippen LogP contribution in [0.5, 0.6) is 17.2 Å². The average molecular weight is 391 g/mol. The van der Waals surface area contributed by atoms with Gasteiger partial charge in [0.2, 0.25) is 5.75 Å². The molecule has 0 aliphatic carbocycles. The van der Waals surface area contributed by atoms with E-state index in [9.17, 15) is 0 Å². The Bertz CT molecular complexity index is 847. The first-order chi connectivity index (χ1) is 12.7. The van der Waals surface area contributed by atoms with Gasteiger partial charge in [0.25, 0.3) is 0 Å². The monoisotopic (exact) mass is 390 g/mol. The third kappa shape index (κ3) is 4.00. The molecule has 3 aromatic rings. The molecule has 0 saturated heterocycles. The van der Waals surface area contributed by atoms with E-state index in [-0.39, 0.29) is 0 Å². The summed E-state index contributed by atoms with van der Waals surface area (Å²) in [5.41, 5.74) is 3.30. The van der Waals surface area contributed by atoms with Crippen LogP contribution in [0, 0.1) is 0 Å². The molecule has 0 fully saturated rings. The van der Waals surface area contributed by atoms with E-state index in [4.69, 9.17) is 19.2 Å². The summed E-state index contributed by atoms with van der Waals surface area (Å²) < 4.78 is 16.4. The van der Waals surface area contributed by atoms with Gasteiger partial charge >= 0.3 is 0 Å². The average Bonchev–Trinajstić information content (AvgIpc) is 3.32. The molecule has 2 heterocycles. The van der Waals surface area contributed by atoms with Crippen molar-refractivity contribution in [3.63, 3.8) is 0 Å². The molecule has 0 aliphatic heterocycles. The Kier molecular flexibility index (Phi) is 6.13. The molecule has 26 heavy (non-hydrogen) atoms. The number of benzene rings is 1. The van der Waals surface area contributed by atoms with Crippen molar-refractivity contribution in [2.24, 2.45) is 0 Å². The number of thiazole rings is 1. The molecule has 1 aromatic carbocycles. The lowest BCUT2D eigenvalue weighted by Crippen LogP contribution is -2.18. The van der Waals surface area contributed by atoms with Crippen LogP contribution >= 0.6 is 22.7 Å². The fourth-order valence-corrected chi connectivity index (χ4v) is 4.33. The maximum atomic E-state index is 5.57. The van der Waals surface area contributed by atoms with Crippen LogP contribution in [0.3, 0.4) is 0 Å². The molecular formula is C19H22N2O3S2.